The molecule has 7 nitrogen and oxygen atoms in total. The molecule has 0 aliphatic heterocycles. The normalized spacial score (nSPS) is 10.5. The van der Waals surface area contributed by atoms with Crippen molar-refractivity contribution in [1.82, 2.24) is 14.9 Å². The quantitative estimate of drug-likeness (QED) is 0.636. The van der Waals surface area contributed by atoms with Crippen LogP contribution in [0.4, 0.5) is 0 Å². The molecule has 1 aromatic carbocycles. The number of hydrogen-bond donors (Lipinski definition) is 2. The first kappa shape index (κ1) is 16.9. The lowest BCUT2D eigenvalue weighted by molar-refractivity contribution is -0.121. The number of carbonyl (C=O) groups is 2. The van der Waals surface area contributed by atoms with Crippen LogP contribution in [0.1, 0.15) is 23.7 Å². The number of aromatic nitrogens is 2. The third kappa shape index (κ3) is 3.65. The van der Waals surface area contributed by atoms with Gasteiger partial charge in [-0.1, -0.05) is 6.92 Å². The summed E-state index contributed by atoms with van der Waals surface area (Å²) in [6, 6.07) is 4.50. The standard InChI is InChI=1S/C15H17N3O4S/c1-3-6-16-12(19)8-18-13(20)10-5-4-9(14(21)22-2)7-11(10)17-15(18)23/h4-5,7H,3,6,8H2,1-2H3,(H,16,19)(H,17,23). The van der Waals surface area contributed by atoms with Gasteiger partial charge in [0.25, 0.3) is 5.56 Å². The van der Waals surface area contributed by atoms with Crippen LogP contribution in [-0.2, 0) is 16.1 Å². The van der Waals surface area contributed by atoms with E-state index in [1.165, 1.54) is 29.9 Å². The molecular weight excluding hydrogens is 318 g/mol. The number of aromatic amines is 1. The number of hydrogen-bond acceptors (Lipinski definition) is 5. The van der Waals surface area contributed by atoms with Crippen LogP contribution in [0.5, 0.6) is 0 Å². The molecule has 1 heterocycles. The molecule has 0 aliphatic carbocycles. The molecule has 1 amide bonds. The number of benzene rings is 1. The lowest BCUT2D eigenvalue weighted by Gasteiger charge is -2.09. The maximum absolute atomic E-state index is 12.5. The van der Waals surface area contributed by atoms with Gasteiger partial charge in [0.2, 0.25) is 5.91 Å². The maximum Gasteiger partial charge on any atom is 0.337 e. The summed E-state index contributed by atoms with van der Waals surface area (Å²) < 4.78 is 5.96. The molecule has 0 atom stereocenters. The Hall–Kier alpha value is -2.48. The fraction of sp³-hybridized carbons (Fsp3) is 0.333. The van der Waals surface area contributed by atoms with E-state index in [0.29, 0.717) is 23.0 Å². The van der Waals surface area contributed by atoms with Gasteiger partial charge in [0.1, 0.15) is 6.54 Å². The topological polar surface area (TPSA) is 93.2 Å². The summed E-state index contributed by atoms with van der Waals surface area (Å²) in [6.45, 7) is 2.33. The van der Waals surface area contributed by atoms with E-state index in [-0.39, 0.29) is 22.8 Å². The van der Waals surface area contributed by atoms with Crippen LogP contribution in [0.3, 0.4) is 0 Å². The zero-order chi connectivity index (χ0) is 17.0. The molecule has 0 saturated heterocycles. The Labute approximate surface area is 137 Å². The summed E-state index contributed by atoms with van der Waals surface area (Å²) in [5.41, 5.74) is 0.350. The monoisotopic (exact) mass is 335 g/mol. The van der Waals surface area contributed by atoms with E-state index in [1.54, 1.807) is 0 Å². The molecule has 0 aliphatic rings. The van der Waals surface area contributed by atoms with Gasteiger partial charge in [0.05, 0.1) is 23.6 Å². The Bertz CT molecular complexity index is 869. The van der Waals surface area contributed by atoms with Crippen LogP contribution in [0, 0.1) is 4.77 Å². The highest BCUT2D eigenvalue weighted by atomic mass is 32.1. The van der Waals surface area contributed by atoms with E-state index in [4.69, 9.17) is 12.2 Å². The number of carbonyl (C=O) groups excluding carboxylic acids is 2. The van der Waals surface area contributed by atoms with E-state index < -0.39 is 5.97 Å². The lowest BCUT2D eigenvalue weighted by Crippen LogP contribution is -2.33. The van der Waals surface area contributed by atoms with Crippen molar-refractivity contribution < 1.29 is 14.3 Å². The summed E-state index contributed by atoms with van der Waals surface area (Å²) in [4.78, 5) is 38.7. The molecule has 0 bridgehead atoms. The Morgan fingerprint density at radius 3 is 2.78 bits per heavy atom. The van der Waals surface area contributed by atoms with E-state index in [2.05, 4.69) is 15.0 Å². The highest BCUT2D eigenvalue weighted by Crippen LogP contribution is 2.11. The number of amides is 1. The zero-order valence-corrected chi connectivity index (χ0v) is 13.7. The van der Waals surface area contributed by atoms with Gasteiger partial charge in [-0.15, -0.1) is 0 Å². The van der Waals surface area contributed by atoms with Gasteiger partial charge in [0, 0.05) is 6.54 Å². The average molecular weight is 335 g/mol. The van der Waals surface area contributed by atoms with Crippen molar-refractivity contribution in [3.8, 4) is 0 Å². The summed E-state index contributed by atoms with van der Waals surface area (Å²) in [6.07, 6.45) is 0.807. The van der Waals surface area contributed by atoms with Crippen LogP contribution in [0.2, 0.25) is 0 Å². The Morgan fingerprint density at radius 2 is 2.13 bits per heavy atom. The summed E-state index contributed by atoms with van der Waals surface area (Å²) in [5, 5.41) is 3.04. The van der Waals surface area contributed by atoms with Gasteiger partial charge >= 0.3 is 5.97 Å². The van der Waals surface area contributed by atoms with E-state index in [9.17, 15) is 14.4 Å². The third-order valence-electron chi connectivity index (χ3n) is 3.28. The van der Waals surface area contributed by atoms with Crippen LogP contribution < -0.4 is 10.9 Å². The zero-order valence-electron chi connectivity index (χ0n) is 12.8. The van der Waals surface area contributed by atoms with E-state index in [1.807, 2.05) is 6.92 Å². The third-order valence-corrected chi connectivity index (χ3v) is 3.60. The second-order valence-electron chi connectivity index (χ2n) is 4.92. The predicted molar refractivity (Wildman–Crippen MR) is 88.0 cm³/mol. The van der Waals surface area contributed by atoms with Crippen molar-refractivity contribution in [1.29, 1.82) is 0 Å². The van der Waals surface area contributed by atoms with Crippen LogP contribution in [-0.4, -0.2) is 35.1 Å². The summed E-state index contributed by atoms with van der Waals surface area (Å²) in [7, 11) is 1.28. The highest BCUT2D eigenvalue weighted by Gasteiger charge is 2.12. The number of nitrogens with one attached hydrogen (secondary N) is 2. The van der Waals surface area contributed by atoms with Crippen molar-refractivity contribution in [3.63, 3.8) is 0 Å². The van der Waals surface area contributed by atoms with Gasteiger partial charge < -0.3 is 15.0 Å². The SMILES string of the molecule is CCCNC(=O)Cn1c(=S)[nH]c2cc(C(=O)OC)ccc2c1=O. The minimum Gasteiger partial charge on any atom is -0.465 e. The molecule has 0 fully saturated rings. The van der Waals surface area contributed by atoms with Crippen molar-refractivity contribution in [2.45, 2.75) is 19.9 Å². The second-order valence-corrected chi connectivity index (χ2v) is 5.31. The molecular formula is C15H17N3O4S. The molecule has 1 aromatic heterocycles. The Balaban J connectivity index is 2.46. The molecule has 23 heavy (non-hydrogen) atoms. The number of methoxy groups -OCH3 is 1. The second kappa shape index (κ2) is 7.19. The number of esters is 1. The molecule has 8 heteroatoms. The van der Waals surface area contributed by atoms with E-state index >= 15 is 0 Å². The largest absolute Gasteiger partial charge is 0.465 e. The fourth-order valence-corrected chi connectivity index (χ4v) is 2.36. The Kier molecular flexibility index (Phi) is 5.28. The van der Waals surface area contributed by atoms with Crippen molar-refractivity contribution in [2.24, 2.45) is 0 Å². The number of rotatable bonds is 5. The molecule has 2 rings (SSSR count). The number of ether oxygens (including phenoxy) is 1. The molecule has 122 valence electrons. The van der Waals surface area contributed by atoms with Crippen molar-refractivity contribution in [2.75, 3.05) is 13.7 Å². The van der Waals surface area contributed by atoms with Crippen molar-refractivity contribution in [3.05, 3.63) is 38.9 Å². The first-order chi connectivity index (χ1) is 11.0. The summed E-state index contributed by atoms with van der Waals surface area (Å²) in [5.74, 6) is -0.784. The van der Waals surface area contributed by atoms with Crippen LogP contribution in [0.15, 0.2) is 23.0 Å². The molecule has 0 radical (unpaired) electrons. The molecule has 0 unspecified atom stereocenters. The lowest BCUT2D eigenvalue weighted by atomic mass is 10.1. The number of nitrogens with zero attached hydrogens (tertiary/aromatic N) is 1. The van der Waals surface area contributed by atoms with Gasteiger partial charge in [-0.3, -0.25) is 14.2 Å². The van der Waals surface area contributed by atoms with Gasteiger partial charge in [0.15, 0.2) is 4.77 Å². The highest BCUT2D eigenvalue weighted by molar-refractivity contribution is 7.71. The van der Waals surface area contributed by atoms with Crippen LogP contribution in [0.25, 0.3) is 10.9 Å². The molecule has 0 saturated carbocycles. The first-order valence-corrected chi connectivity index (χ1v) is 7.50. The Morgan fingerprint density at radius 1 is 1.39 bits per heavy atom. The summed E-state index contributed by atoms with van der Waals surface area (Å²) >= 11 is 5.15. The first-order valence-electron chi connectivity index (χ1n) is 7.09. The predicted octanol–water partition coefficient (Wildman–Crippen LogP) is 1.37. The van der Waals surface area contributed by atoms with E-state index in [0.717, 1.165) is 6.42 Å². The van der Waals surface area contributed by atoms with Gasteiger partial charge in [-0.2, -0.15) is 0 Å². The number of fused-ring (bicyclic) bond motifs is 1. The van der Waals surface area contributed by atoms with Crippen molar-refractivity contribution >= 4 is 35.0 Å². The minimum absolute atomic E-state index is 0.121. The minimum atomic E-state index is -0.505. The average Bonchev–Trinajstić information content (AvgIpc) is 2.55. The van der Waals surface area contributed by atoms with Crippen LogP contribution >= 0.6 is 12.2 Å². The maximum atomic E-state index is 12.5. The smallest absolute Gasteiger partial charge is 0.337 e. The number of H-pyrrole nitrogens is 1. The molecule has 2 aromatic rings. The fourth-order valence-electron chi connectivity index (χ4n) is 2.11. The van der Waals surface area contributed by atoms with Gasteiger partial charge in [-0.25, -0.2) is 4.79 Å². The molecule has 2 N–H and O–H groups in total. The molecule has 0 spiro atoms. The van der Waals surface area contributed by atoms with Gasteiger partial charge in [-0.05, 0) is 36.8 Å².